The van der Waals surface area contributed by atoms with E-state index in [-0.39, 0.29) is 18.4 Å². The Balaban J connectivity index is 1.42. The molecule has 1 aliphatic rings. The molecular weight excluding hydrogens is 348 g/mol. The summed E-state index contributed by atoms with van der Waals surface area (Å²) in [6.07, 6.45) is 2.65. The van der Waals surface area contributed by atoms with Crippen molar-refractivity contribution in [3.8, 4) is 17.1 Å². The third kappa shape index (κ3) is 3.67. The lowest BCUT2D eigenvalue weighted by Gasteiger charge is -2.12. The number of hydrogen-bond acceptors (Lipinski definition) is 7. The van der Waals surface area contributed by atoms with Crippen molar-refractivity contribution in [2.75, 3.05) is 7.11 Å². The third-order valence-electron chi connectivity index (χ3n) is 4.66. The van der Waals surface area contributed by atoms with E-state index in [1.54, 1.807) is 11.8 Å². The van der Waals surface area contributed by atoms with Crippen molar-refractivity contribution < 1.29 is 14.1 Å². The van der Waals surface area contributed by atoms with Crippen LogP contribution in [-0.4, -0.2) is 38.4 Å². The summed E-state index contributed by atoms with van der Waals surface area (Å²) in [5, 5.41) is 18.6. The molecule has 1 aromatic carbocycles. The number of tetrazole rings is 1. The molecule has 9 heteroatoms. The van der Waals surface area contributed by atoms with Crippen LogP contribution >= 0.6 is 0 Å². The lowest BCUT2D eigenvalue weighted by molar-refractivity contribution is -0.123. The highest BCUT2D eigenvalue weighted by atomic mass is 16.5. The highest BCUT2D eigenvalue weighted by Crippen LogP contribution is 2.26. The summed E-state index contributed by atoms with van der Waals surface area (Å²) in [7, 11) is 1.62. The molecule has 0 bridgehead atoms. The number of rotatable bonds is 5. The van der Waals surface area contributed by atoms with E-state index in [9.17, 15) is 4.79 Å². The molecule has 4 rings (SSSR count). The molecule has 0 radical (unpaired) electrons. The van der Waals surface area contributed by atoms with Gasteiger partial charge in [0.25, 0.3) is 0 Å². The number of aryl methyl sites for hydroxylation is 1. The number of hydrogen-bond donors (Lipinski definition) is 1. The zero-order valence-corrected chi connectivity index (χ0v) is 15.0. The van der Waals surface area contributed by atoms with Gasteiger partial charge in [-0.3, -0.25) is 4.79 Å². The molecule has 140 valence electrons. The maximum Gasteiger partial charge on any atom is 0.231 e. The molecule has 27 heavy (non-hydrogen) atoms. The zero-order chi connectivity index (χ0) is 18.6. The maximum atomic E-state index is 12.7. The summed E-state index contributed by atoms with van der Waals surface area (Å²) in [5.41, 5.74) is 1.51. The van der Waals surface area contributed by atoms with Gasteiger partial charge in [-0.25, -0.2) is 4.68 Å². The van der Waals surface area contributed by atoms with Crippen LogP contribution in [0.2, 0.25) is 0 Å². The molecule has 0 spiro atoms. The van der Waals surface area contributed by atoms with Crippen molar-refractivity contribution in [3.05, 3.63) is 41.9 Å². The molecule has 9 nitrogen and oxygen atoms in total. The third-order valence-corrected chi connectivity index (χ3v) is 4.66. The van der Waals surface area contributed by atoms with E-state index in [4.69, 9.17) is 9.26 Å². The standard InChI is InChI=1S/C18H20N6O3/c1-26-14-6-4-5-12(9-14)16-10-13(21-27-16)11-19-18(25)15-7-2-3-8-24-17(15)20-22-23-24/h4-6,9-10,15H,2-3,7-8,11H2,1H3,(H,19,25)/t15-/m0/s1. The second kappa shape index (κ2) is 7.56. The molecule has 0 unspecified atom stereocenters. The summed E-state index contributed by atoms with van der Waals surface area (Å²) in [6.45, 7) is 1.03. The Kier molecular flexibility index (Phi) is 4.82. The van der Waals surface area contributed by atoms with Gasteiger partial charge in [-0.1, -0.05) is 23.7 Å². The van der Waals surface area contributed by atoms with Crippen LogP contribution in [0.5, 0.6) is 5.75 Å². The van der Waals surface area contributed by atoms with Gasteiger partial charge >= 0.3 is 0 Å². The number of methoxy groups -OCH3 is 1. The maximum absolute atomic E-state index is 12.7. The van der Waals surface area contributed by atoms with Crippen LogP contribution in [0.3, 0.4) is 0 Å². The number of ether oxygens (including phenoxy) is 1. The quantitative estimate of drug-likeness (QED) is 0.733. The van der Waals surface area contributed by atoms with E-state index in [1.165, 1.54) is 0 Å². The van der Waals surface area contributed by atoms with Crippen molar-refractivity contribution in [2.45, 2.75) is 38.3 Å². The second-order valence-electron chi connectivity index (χ2n) is 6.44. The predicted octanol–water partition coefficient (Wildman–Crippen LogP) is 1.92. The van der Waals surface area contributed by atoms with Gasteiger partial charge in [0, 0.05) is 18.2 Å². The van der Waals surface area contributed by atoms with Crippen LogP contribution in [0.15, 0.2) is 34.9 Å². The highest BCUT2D eigenvalue weighted by Gasteiger charge is 2.28. The molecule has 1 aliphatic heterocycles. The lowest BCUT2D eigenvalue weighted by atomic mass is 10.0. The number of amides is 1. The van der Waals surface area contributed by atoms with Crippen molar-refractivity contribution >= 4 is 5.91 Å². The van der Waals surface area contributed by atoms with Gasteiger partial charge in [-0.2, -0.15) is 0 Å². The smallest absolute Gasteiger partial charge is 0.231 e. The minimum Gasteiger partial charge on any atom is -0.497 e. The van der Waals surface area contributed by atoms with Crippen LogP contribution < -0.4 is 10.1 Å². The number of aromatic nitrogens is 5. The van der Waals surface area contributed by atoms with Crippen molar-refractivity contribution in [1.82, 2.24) is 30.7 Å². The van der Waals surface area contributed by atoms with Crippen LogP contribution in [-0.2, 0) is 17.9 Å². The van der Waals surface area contributed by atoms with E-state index in [2.05, 4.69) is 26.0 Å². The molecule has 3 aromatic rings. The van der Waals surface area contributed by atoms with Crippen LogP contribution in [0.1, 0.15) is 36.7 Å². The molecule has 3 heterocycles. The van der Waals surface area contributed by atoms with Crippen molar-refractivity contribution in [3.63, 3.8) is 0 Å². The fourth-order valence-electron chi connectivity index (χ4n) is 3.22. The van der Waals surface area contributed by atoms with E-state index >= 15 is 0 Å². The first-order valence-electron chi connectivity index (χ1n) is 8.88. The Morgan fingerprint density at radius 2 is 2.30 bits per heavy atom. The van der Waals surface area contributed by atoms with Gasteiger partial charge in [0.05, 0.1) is 19.6 Å². The summed E-state index contributed by atoms with van der Waals surface area (Å²) in [5.74, 6) is 1.55. The summed E-state index contributed by atoms with van der Waals surface area (Å²) in [6, 6.07) is 9.34. The van der Waals surface area contributed by atoms with E-state index in [0.717, 1.165) is 37.1 Å². The molecule has 1 N–H and O–H groups in total. The Hall–Kier alpha value is -3.23. The normalized spacial score (nSPS) is 16.4. The fraction of sp³-hybridized carbons (Fsp3) is 0.389. The predicted molar refractivity (Wildman–Crippen MR) is 94.7 cm³/mol. The first-order chi connectivity index (χ1) is 13.2. The molecule has 0 fully saturated rings. The minimum absolute atomic E-state index is 0.0983. The number of nitrogens with zero attached hydrogens (tertiary/aromatic N) is 5. The fourth-order valence-corrected chi connectivity index (χ4v) is 3.22. The first-order valence-corrected chi connectivity index (χ1v) is 8.88. The van der Waals surface area contributed by atoms with Crippen LogP contribution in [0.25, 0.3) is 11.3 Å². The Bertz CT molecular complexity index is 935. The molecule has 0 saturated heterocycles. The molecule has 1 amide bonds. The molecule has 1 atom stereocenters. The monoisotopic (exact) mass is 368 g/mol. The summed E-state index contributed by atoms with van der Waals surface area (Å²) >= 11 is 0. The second-order valence-corrected chi connectivity index (χ2v) is 6.44. The number of carbonyl (C=O) groups excluding carboxylic acids is 1. The Morgan fingerprint density at radius 1 is 1.37 bits per heavy atom. The molecular formula is C18H20N6O3. The minimum atomic E-state index is -0.341. The summed E-state index contributed by atoms with van der Waals surface area (Å²) < 4.78 is 12.3. The van der Waals surface area contributed by atoms with Gasteiger partial charge in [0.15, 0.2) is 11.6 Å². The number of carbonyl (C=O) groups is 1. The number of benzene rings is 1. The van der Waals surface area contributed by atoms with Gasteiger partial charge in [-0.15, -0.1) is 5.10 Å². The first kappa shape index (κ1) is 17.2. The van der Waals surface area contributed by atoms with Crippen LogP contribution in [0.4, 0.5) is 0 Å². The van der Waals surface area contributed by atoms with Gasteiger partial charge in [-0.05, 0) is 35.4 Å². The summed E-state index contributed by atoms with van der Waals surface area (Å²) in [4.78, 5) is 12.7. The van der Waals surface area contributed by atoms with Crippen LogP contribution in [0, 0.1) is 0 Å². The SMILES string of the molecule is COc1cccc(-c2cc(CNC(=O)[C@H]3CCCCn4nnnc43)no2)c1. The average Bonchev–Trinajstić information content (AvgIpc) is 3.32. The van der Waals surface area contributed by atoms with E-state index in [1.807, 2.05) is 30.3 Å². The van der Waals surface area contributed by atoms with Crippen molar-refractivity contribution in [1.29, 1.82) is 0 Å². The Labute approximate surface area is 155 Å². The average molecular weight is 368 g/mol. The van der Waals surface area contributed by atoms with Gasteiger partial charge < -0.3 is 14.6 Å². The van der Waals surface area contributed by atoms with E-state index in [0.29, 0.717) is 17.3 Å². The van der Waals surface area contributed by atoms with Gasteiger partial charge in [0.1, 0.15) is 11.4 Å². The molecule has 2 aromatic heterocycles. The Morgan fingerprint density at radius 3 is 3.19 bits per heavy atom. The molecule has 0 aliphatic carbocycles. The van der Waals surface area contributed by atoms with Crippen molar-refractivity contribution in [2.24, 2.45) is 0 Å². The zero-order valence-electron chi connectivity index (χ0n) is 15.0. The van der Waals surface area contributed by atoms with Gasteiger partial charge in [0.2, 0.25) is 5.91 Å². The molecule has 0 saturated carbocycles. The number of fused-ring (bicyclic) bond motifs is 1. The van der Waals surface area contributed by atoms with E-state index < -0.39 is 0 Å². The highest BCUT2D eigenvalue weighted by molar-refractivity contribution is 5.82. The lowest BCUT2D eigenvalue weighted by Crippen LogP contribution is -2.30. The number of nitrogens with one attached hydrogen (secondary N) is 1. The topological polar surface area (TPSA) is 108 Å². The largest absolute Gasteiger partial charge is 0.497 e.